The third-order valence-electron chi connectivity index (χ3n) is 1.94. The van der Waals surface area contributed by atoms with Crippen LogP contribution in [0.15, 0.2) is 16.7 Å². The maximum atomic E-state index is 11.5. The van der Waals surface area contributed by atoms with E-state index in [-0.39, 0.29) is 23.0 Å². The van der Waals surface area contributed by atoms with E-state index in [1.165, 1.54) is 12.3 Å². The van der Waals surface area contributed by atoms with Crippen molar-refractivity contribution in [3.05, 3.63) is 23.7 Å². The molecule has 6 nitrogen and oxygen atoms in total. The quantitative estimate of drug-likeness (QED) is 0.802. The number of aromatic carboxylic acids is 1. The fraction of sp³-hybridized carbons (Fsp3) is 0.444. The largest absolute Gasteiger partial charge is 0.475 e. The van der Waals surface area contributed by atoms with Gasteiger partial charge in [0.2, 0.25) is 5.76 Å². The van der Waals surface area contributed by atoms with Gasteiger partial charge in [0.15, 0.2) is 0 Å². The topological polar surface area (TPSA) is 102 Å². The first-order chi connectivity index (χ1) is 7.79. The minimum atomic E-state index is -3.16. The number of carbonyl (C=O) groups is 1. The summed E-state index contributed by atoms with van der Waals surface area (Å²) < 4.78 is 38.0. The van der Waals surface area contributed by atoms with Crippen LogP contribution in [0.2, 0.25) is 0 Å². The molecule has 0 bridgehead atoms. The first-order valence-corrected chi connectivity index (χ1v) is 8.17. The molecule has 0 aliphatic heterocycles. The average molecular weight is 280 g/mol. The van der Waals surface area contributed by atoms with E-state index >= 15 is 0 Å². The van der Waals surface area contributed by atoms with Crippen molar-refractivity contribution in [2.45, 2.75) is 5.75 Å². The van der Waals surface area contributed by atoms with Gasteiger partial charge in [-0.05, 0) is 6.07 Å². The normalized spacial score (nSPS) is 13.5. The van der Waals surface area contributed by atoms with Crippen molar-refractivity contribution in [2.75, 3.05) is 17.8 Å². The highest BCUT2D eigenvalue weighted by atomic mass is 32.2. The Bertz CT molecular complexity index is 527. The summed E-state index contributed by atoms with van der Waals surface area (Å²) in [4.78, 5) is 10.7. The monoisotopic (exact) mass is 280 g/mol. The van der Waals surface area contributed by atoms with Crippen molar-refractivity contribution in [1.82, 2.24) is 0 Å². The van der Waals surface area contributed by atoms with Crippen LogP contribution in [0.4, 0.5) is 0 Å². The molecular weight excluding hydrogens is 268 g/mol. The lowest BCUT2D eigenvalue weighted by molar-refractivity contribution is 0.0661. The standard InChI is InChI=1S/C9H12O6S2/c1-17(13,14)5-4-16(12)6-7-2-3-15-8(7)9(10)11/h2-3H,4-6H2,1H3,(H,10,11). The van der Waals surface area contributed by atoms with Crippen LogP contribution in [0.25, 0.3) is 0 Å². The van der Waals surface area contributed by atoms with Crippen molar-refractivity contribution in [1.29, 1.82) is 0 Å². The summed E-state index contributed by atoms with van der Waals surface area (Å²) in [6.45, 7) is 0. The van der Waals surface area contributed by atoms with Crippen molar-refractivity contribution < 1.29 is 26.9 Å². The van der Waals surface area contributed by atoms with Crippen molar-refractivity contribution in [3.8, 4) is 0 Å². The maximum Gasteiger partial charge on any atom is 0.372 e. The molecule has 96 valence electrons. The molecule has 0 amide bonds. The van der Waals surface area contributed by atoms with Crippen LogP contribution < -0.4 is 0 Å². The molecule has 1 unspecified atom stereocenters. The first kappa shape index (κ1) is 13.9. The number of carboxylic acid groups (broad SMARTS) is 1. The van der Waals surface area contributed by atoms with Gasteiger partial charge in [0.25, 0.3) is 0 Å². The minimum Gasteiger partial charge on any atom is -0.475 e. The Morgan fingerprint density at radius 2 is 2.18 bits per heavy atom. The number of hydrogen-bond acceptors (Lipinski definition) is 5. The van der Waals surface area contributed by atoms with Crippen LogP contribution in [0.1, 0.15) is 16.1 Å². The first-order valence-electron chi connectivity index (χ1n) is 4.62. The second-order valence-electron chi connectivity index (χ2n) is 3.50. The van der Waals surface area contributed by atoms with Gasteiger partial charge >= 0.3 is 5.97 Å². The number of carboxylic acids is 1. The minimum absolute atomic E-state index is 0.0108. The van der Waals surface area contributed by atoms with Gasteiger partial charge in [0.05, 0.1) is 17.8 Å². The molecule has 0 fully saturated rings. The van der Waals surface area contributed by atoms with E-state index in [1.807, 2.05) is 0 Å². The predicted octanol–water partition coefficient (Wildman–Crippen LogP) is 0.271. The van der Waals surface area contributed by atoms with Crippen LogP contribution in [0.5, 0.6) is 0 Å². The lowest BCUT2D eigenvalue weighted by atomic mass is 10.3. The molecule has 1 atom stereocenters. The van der Waals surface area contributed by atoms with E-state index in [0.717, 1.165) is 6.26 Å². The SMILES string of the molecule is CS(=O)(=O)CCS(=O)Cc1ccoc1C(=O)O. The van der Waals surface area contributed by atoms with Crippen LogP contribution in [0.3, 0.4) is 0 Å². The van der Waals surface area contributed by atoms with Gasteiger partial charge in [0.1, 0.15) is 9.84 Å². The Morgan fingerprint density at radius 3 is 2.71 bits per heavy atom. The zero-order valence-electron chi connectivity index (χ0n) is 9.08. The zero-order valence-corrected chi connectivity index (χ0v) is 10.7. The highest BCUT2D eigenvalue weighted by Crippen LogP contribution is 2.13. The summed E-state index contributed by atoms with van der Waals surface area (Å²) in [6, 6.07) is 1.42. The summed E-state index contributed by atoms with van der Waals surface area (Å²) in [5.74, 6) is -1.70. The Hall–Kier alpha value is -1.15. The second kappa shape index (κ2) is 5.46. The summed E-state index contributed by atoms with van der Waals surface area (Å²) in [7, 11) is -4.58. The van der Waals surface area contributed by atoms with Gasteiger partial charge in [-0.1, -0.05) is 0 Å². The molecule has 0 saturated heterocycles. The molecule has 1 N–H and O–H groups in total. The Labute approximate surface area is 101 Å². The summed E-state index contributed by atoms with van der Waals surface area (Å²) in [5.41, 5.74) is 0.310. The van der Waals surface area contributed by atoms with E-state index < -0.39 is 26.6 Å². The van der Waals surface area contributed by atoms with Gasteiger partial charge in [-0.15, -0.1) is 0 Å². The van der Waals surface area contributed by atoms with Gasteiger partial charge in [0, 0.05) is 28.4 Å². The molecule has 0 radical (unpaired) electrons. The lowest BCUT2D eigenvalue weighted by Crippen LogP contribution is -2.13. The summed E-state index contributed by atoms with van der Waals surface area (Å²) in [5, 5.41) is 8.74. The third-order valence-corrected chi connectivity index (χ3v) is 4.44. The average Bonchev–Trinajstić information content (AvgIpc) is 2.62. The van der Waals surface area contributed by atoms with Crippen LogP contribution in [0, 0.1) is 0 Å². The van der Waals surface area contributed by atoms with E-state index in [2.05, 4.69) is 0 Å². The van der Waals surface area contributed by atoms with Gasteiger partial charge in [-0.25, -0.2) is 13.2 Å². The van der Waals surface area contributed by atoms with Crippen molar-refractivity contribution in [2.24, 2.45) is 0 Å². The van der Waals surface area contributed by atoms with Crippen molar-refractivity contribution >= 4 is 26.6 Å². The number of hydrogen-bond donors (Lipinski definition) is 1. The fourth-order valence-electron chi connectivity index (χ4n) is 1.13. The highest BCUT2D eigenvalue weighted by molar-refractivity contribution is 7.92. The lowest BCUT2D eigenvalue weighted by Gasteiger charge is -2.00. The van der Waals surface area contributed by atoms with Gasteiger partial charge in [-0.2, -0.15) is 0 Å². The van der Waals surface area contributed by atoms with Crippen LogP contribution in [-0.2, 0) is 26.4 Å². The molecule has 1 aromatic heterocycles. The van der Waals surface area contributed by atoms with Crippen molar-refractivity contribution in [3.63, 3.8) is 0 Å². The Balaban J connectivity index is 2.63. The molecule has 0 spiro atoms. The highest BCUT2D eigenvalue weighted by Gasteiger charge is 2.16. The summed E-state index contributed by atoms with van der Waals surface area (Å²) in [6.07, 6.45) is 2.26. The van der Waals surface area contributed by atoms with E-state index in [1.54, 1.807) is 0 Å². The van der Waals surface area contributed by atoms with Gasteiger partial charge in [-0.3, -0.25) is 4.21 Å². The van der Waals surface area contributed by atoms with Gasteiger partial charge < -0.3 is 9.52 Å². The van der Waals surface area contributed by atoms with E-state index in [0.29, 0.717) is 5.56 Å². The molecule has 0 aliphatic rings. The molecule has 1 aromatic rings. The molecule has 0 aliphatic carbocycles. The summed E-state index contributed by atoms with van der Waals surface area (Å²) >= 11 is 0. The van der Waals surface area contributed by atoms with Crippen LogP contribution in [-0.4, -0.2) is 41.5 Å². The van der Waals surface area contributed by atoms with E-state index in [9.17, 15) is 17.4 Å². The molecule has 1 rings (SSSR count). The number of furan rings is 1. The molecule has 0 aromatic carbocycles. The van der Waals surface area contributed by atoms with Crippen LogP contribution >= 0.6 is 0 Å². The third kappa shape index (κ3) is 4.70. The predicted molar refractivity (Wildman–Crippen MR) is 62.1 cm³/mol. The maximum absolute atomic E-state index is 11.5. The Morgan fingerprint density at radius 1 is 1.53 bits per heavy atom. The second-order valence-corrected chi connectivity index (χ2v) is 7.33. The Kier molecular flexibility index (Phi) is 4.47. The molecule has 1 heterocycles. The number of sulfone groups is 1. The zero-order chi connectivity index (χ0) is 13.1. The smallest absolute Gasteiger partial charge is 0.372 e. The number of rotatable bonds is 6. The molecule has 8 heteroatoms. The molecule has 17 heavy (non-hydrogen) atoms. The molecule has 0 saturated carbocycles. The van der Waals surface area contributed by atoms with E-state index in [4.69, 9.17) is 9.52 Å². The molecular formula is C9H12O6S2. The fourth-order valence-corrected chi connectivity index (χ4v) is 3.80.